The Kier molecular flexibility index (Phi) is 7.28. The third-order valence-electron chi connectivity index (χ3n) is 3.87. The summed E-state index contributed by atoms with van der Waals surface area (Å²) in [4.78, 5) is 52.3. The second kappa shape index (κ2) is 9.49. The Balaban J connectivity index is 2.04. The number of ether oxygens (including phenoxy) is 1. The number of ketones is 1. The van der Waals surface area contributed by atoms with Crippen LogP contribution in [-0.4, -0.2) is 28.7 Å². The van der Waals surface area contributed by atoms with E-state index in [0.717, 1.165) is 5.56 Å². The van der Waals surface area contributed by atoms with E-state index in [2.05, 4.69) is 21.2 Å². The Morgan fingerprint density at radius 2 is 1.80 bits per heavy atom. The number of hydrogen-bond acceptors (Lipinski definition) is 7. The molecule has 9 nitrogen and oxygen atoms in total. The van der Waals surface area contributed by atoms with Gasteiger partial charge in [0.15, 0.2) is 5.78 Å². The van der Waals surface area contributed by atoms with Crippen molar-refractivity contribution in [1.82, 2.24) is 15.8 Å². The lowest BCUT2D eigenvalue weighted by Crippen LogP contribution is -2.44. The highest BCUT2D eigenvalue weighted by Gasteiger charge is 2.24. The highest BCUT2D eigenvalue weighted by molar-refractivity contribution is 7.14. The molecule has 0 aliphatic rings. The van der Waals surface area contributed by atoms with Gasteiger partial charge >= 0.3 is 12.0 Å². The second-order valence-corrected chi connectivity index (χ2v) is 8.46. The molecule has 0 spiro atoms. The molecule has 0 aliphatic carbocycles. The van der Waals surface area contributed by atoms with Crippen molar-refractivity contribution in [2.75, 3.05) is 5.32 Å². The van der Waals surface area contributed by atoms with E-state index in [4.69, 9.17) is 4.74 Å². The predicted octanol–water partition coefficient (Wildman–Crippen LogP) is 3.21. The van der Waals surface area contributed by atoms with Gasteiger partial charge in [-0.15, -0.1) is 11.3 Å². The molecule has 0 bridgehead atoms. The van der Waals surface area contributed by atoms with Crippen LogP contribution in [0, 0.1) is 12.3 Å². The maximum Gasteiger partial charge on any atom is 0.338 e. The first-order valence-electron chi connectivity index (χ1n) is 9.08. The second-order valence-electron chi connectivity index (χ2n) is 7.55. The molecule has 0 saturated carbocycles. The SMILES string of the molecule is CC(=O)c1nc(COC(=O)C(C)(C)C)ccc1C(=O)NNC(=O)Nc1sccc1C. The van der Waals surface area contributed by atoms with Gasteiger partial charge in [-0.05, 0) is 56.8 Å². The standard InChI is InChI=1S/C20H24N4O5S/c1-11-8-9-30-17(11)22-19(28)24-23-16(26)14-7-6-13(21-15(14)12(2)25)10-29-18(27)20(3,4)5/h6-9H,10H2,1-5H3,(H,23,26)(H2,22,24,28). The molecule has 0 aromatic carbocycles. The van der Waals surface area contributed by atoms with Crippen molar-refractivity contribution in [3.63, 3.8) is 0 Å². The van der Waals surface area contributed by atoms with Gasteiger partial charge in [-0.25, -0.2) is 15.2 Å². The van der Waals surface area contributed by atoms with Crippen LogP contribution in [-0.2, 0) is 16.1 Å². The van der Waals surface area contributed by atoms with Crippen LogP contribution in [0.2, 0.25) is 0 Å². The van der Waals surface area contributed by atoms with Gasteiger partial charge in [0.2, 0.25) is 0 Å². The number of rotatable bonds is 5. The Morgan fingerprint density at radius 1 is 1.10 bits per heavy atom. The average molecular weight is 433 g/mol. The molecule has 0 unspecified atom stereocenters. The average Bonchev–Trinajstić information content (AvgIpc) is 3.07. The van der Waals surface area contributed by atoms with Crippen molar-refractivity contribution < 1.29 is 23.9 Å². The van der Waals surface area contributed by atoms with Crippen molar-refractivity contribution in [3.8, 4) is 0 Å². The van der Waals surface area contributed by atoms with Gasteiger partial charge in [0.1, 0.15) is 12.3 Å². The maximum absolute atomic E-state index is 12.4. The third-order valence-corrected chi connectivity index (χ3v) is 4.81. The molecule has 0 radical (unpaired) electrons. The number of anilines is 1. The minimum atomic E-state index is -0.705. The van der Waals surface area contributed by atoms with Crippen LogP contribution in [0.5, 0.6) is 0 Å². The molecule has 2 rings (SSSR count). The smallest absolute Gasteiger partial charge is 0.338 e. The quantitative estimate of drug-likeness (QED) is 0.378. The number of hydrogen-bond donors (Lipinski definition) is 3. The van der Waals surface area contributed by atoms with Crippen LogP contribution in [0.4, 0.5) is 9.80 Å². The van der Waals surface area contributed by atoms with Gasteiger partial charge in [0.05, 0.1) is 21.7 Å². The van der Waals surface area contributed by atoms with Crippen LogP contribution in [0.25, 0.3) is 0 Å². The number of esters is 1. The van der Waals surface area contributed by atoms with Crippen molar-refractivity contribution in [2.45, 2.75) is 41.2 Å². The molecule has 2 aromatic heterocycles. The van der Waals surface area contributed by atoms with Crippen molar-refractivity contribution in [2.24, 2.45) is 5.41 Å². The minimum absolute atomic E-state index is 0.0130. The first kappa shape index (κ1) is 23.0. The van der Waals surface area contributed by atoms with E-state index in [-0.39, 0.29) is 17.9 Å². The fourth-order valence-corrected chi connectivity index (χ4v) is 3.02. The summed E-state index contributed by atoms with van der Waals surface area (Å²) in [5.74, 6) is -1.56. The summed E-state index contributed by atoms with van der Waals surface area (Å²) in [6, 6.07) is 4.09. The third kappa shape index (κ3) is 6.11. The number of amides is 3. The van der Waals surface area contributed by atoms with Crippen LogP contribution in [0.1, 0.15) is 59.8 Å². The summed E-state index contributed by atoms with van der Waals surface area (Å²) in [7, 11) is 0. The van der Waals surface area contributed by atoms with Crippen LogP contribution in [0.3, 0.4) is 0 Å². The summed E-state index contributed by atoms with van der Waals surface area (Å²) in [6.07, 6.45) is 0. The molecule has 0 fully saturated rings. The Labute approximate surface area is 178 Å². The molecule has 0 atom stereocenters. The van der Waals surface area contributed by atoms with E-state index in [1.54, 1.807) is 20.8 Å². The zero-order chi connectivity index (χ0) is 22.5. The van der Waals surface area contributed by atoms with Crippen molar-refractivity contribution in [3.05, 3.63) is 46.1 Å². The Hall–Kier alpha value is -3.27. The van der Waals surface area contributed by atoms with Gasteiger partial charge in [0.25, 0.3) is 5.91 Å². The van der Waals surface area contributed by atoms with Gasteiger partial charge < -0.3 is 4.74 Å². The lowest BCUT2D eigenvalue weighted by atomic mass is 9.97. The van der Waals surface area contributed by atoms with Crippen LogP contribution >= 0.6 is 11.3 Å². The van der Waals surface area contributed by atoms with E-state index in [9.17, 15) is 19.2 Å². The monoisotopic (exact) mass is 432 g/mol. The number of nitrogens with zero attached hydrogens (tertiary/aromatic N) is 1. The van der Waals surface area contributed by atoms with Crippen LogP contribution in [0.15, 0.2) is 23.6 Å². The highest BCUT2D eigenvalue weighted by atomic mass is 32.1. The zero-order valence-electron chi connectivity index (χ0n) is 17.4. The summed E-state index contributed by atoms with van der Waals surface area (Å²) >= 11 is 1.35. The number of Topliss-reactive ketones (excluding diaryl/α,β-unsaturated/α-hetero) is 1. The van der Waals surface area contributed by atoms with E-state index < -0.39 is 29.1 Å². The lowest BCUT2D eigenvalue weighted by Gasteiger charge is -2.16. The fraction of sp³-hybridized carbons (Fsp3) is 0.350. The topological polar surface area (TPSA) is 126 Å². The number of pyridine rings is 1. The molecule has 30 heavy (non-hydrogen) atoms. The molecular formula is C20H24N4O5S. The molecule has 10 heteroatoms. The fourth-order valence-electron chi connectivity index (χ4n) is 2.20. The van der Waals surface area contributed by atoms with Crippen molar-refractivity contribution >= 4 is 40.0 Å². The Morgan fingerprint density at radius 3 is 2.37 bits per heavy atom. The summed E-state index contributed by atoms with van der Waals surface area (Å²) < 4.78 is 5.19. The van der Waals surface area contributed by atoms with Gasteiger partial charge in [0, 0.05) is 6.92 Å². The Bertz CT molecular complexity index is 978. The van der Waals surface area contributed by atoms with E-state index in [1.165, 1.54) is 30.4 Å². The molecule has 3 amide bonds. The van der Waals surface area contributed by atoms with Gasteiger partial charge in [-0.2, -0.15) is 0 Å². The number of nitrogens with one attached hydrogen (secondary N) is 3. The van der Waals surface area contributed by atoms with Crippen molar-refractivity contribution in [1.29, 1.82) is 0 Å². The van der Waals surface area contributed by atoms with E-state index in [1.807, 2.05) is 18.4 Å². The first-order chi connectivity index (χ1) is 14.0. The van der Waals surface area contributed by atoms with E-state index in [0.29, 0.717) is 10.7 Å². The number of carbonyl (C=O) groups is 4. The number of aryl methyl sites for hydroxylation is 1. The first-order valence-corrected chi connectivity index (χ1v) is 9.96. The number of thiophene rings is 1. The van der Waals surface area contributed by atoms with Crippen LogP contribution < -0.4 is 16.2 Å². The van der Waals surface area contributed by atoms with E-state index >= 15 is 0 Å². The molecule has 3 N–H and O–H groups in total. The number of carbonyl (C=O) groups excluding carboxylic acids is 4. The molecule has 2 heterocycles. The molecule has 0 aliphatic heterocycles. The number of aromatic nitrogens is 1. The minimum Gasteiger partial charge on any atom is -0.459 e. The normalized spacial score (nSPS) is 10.8. The molecular weight excluding hydrogens is 408 g/mol. The summed E-state index contributed by atoms with van der Waals surface area (Å²) in [6.45, 7) is 8.15. The van der Waals surface area contributed by atoms with Gasteiger partial charge in [-0.3, -0.25) is 25.1 Å². The largest absolute Gasteiger partial charge is 0.459 e. The molecule has 2 aromatic rings. The lowest BCUT2D eigenvalue weighted by molar-refractivity contribution is -0.154. The molecule has 160 valence electrons. The number of urea groups is 1. The van der Waals surface area contributed by atoms with Gasteiger partial charge in [-0.1, -0.05) is 0 Å². The zero-order valence-corrected chi connectivity index (χ0v) is 18.2. The summed E-state index contributed by atoms with van der Waals surface area (Å²) in [5.41, 5.74) is 4.92. The molecule has 0 saturated heterocycles. The predicted molar refractivity (Wildman–Crippen MR) is 112 cm³/mol. The number of hydrazine groups is 1. The highest BCUT2D eigenvalue weighted by Crippen LogP contribution is 2.21. The maximum atomic E-state index is 12.4. The summed E-state index contributed by atoms with van der Waals surface area (Å²) in [5, 5.41) is 5.09.